The molecule has 1 nitrogen and oxygen atoms in total. The number of hydrogen-bond donors (Lipinski definition) is 0. The van der Waals surface area contributed by atoms with Crippen LogP contribution < -0.4 is 0 Å². The average molecular weight is 279 g/mol. The first-order valence-electron chi connectivity index (χ1n) is 4.72. The topological polar surface area (TPSA) is 17.1 Å². The van der Waals surface area contributed by atoms with Gasteiger partial charge in [-0.3, -0.25) is 4.79 Å². The molecular formula is C13H8BrFO. The zero-order valence-electron chi connectivity index (χ0n) is 8.28. The van der Waals surface area contributed by atoms with Gasteiger partial charge >= 0.3 is 0 Å². The summed E-state index contributed by atoms with van der Waals surface area (Å²) in [5, 5.41) is 0. The highest BCUT2D eigenvalue weighted by Crippen LogP contribution is 2.29. The Balaban J connectivity index is 2.67. The van der Waals surface area contributed by atoms with E-state index in [0.29, 0.717) is 21.2 Å². The first kappa shape index (κ1) is 11.0. The molecule has 2 rings (SSSR count). The minimum atomic E-state index is -0.350. The maximum absolute atomic E-state index is 13.8. The van der Waals surface area contributed by atoms with E-state index in [2.05, 4.69) is 15.9 Å². The van der Waals surface area contributed by atoms with E-state index in [4.69, 9.17) is 0 Å². The van der Waals surface area contributed by atoms with Crippen molar-refractivity contribution in [3.63, 3.8) is 0 Å². The summed E-state index contributed by atoms with van der Waals surface area (Å²) >= 11 is 3.13. The van der Waals surface area contributed by atoms with E-state index in [9.17, 15) is 9.18 Å². The molecular weight excluding hydrogens is 271 g/mol. The normalized spacial score (nSPS) is 10.1. The molecule has 0 heterocycles. The smallest absolute Gasteiger partial charge is 0.150 e. The Morgan fingerprint density at radius 2 is 1.69 bits per heavy atom. The van der Waals surface area contributed by atoms with Crippen LogP contribution in [0.5, 0.6) is 0 Å². The van der Waals surface area contributed by atoms with Crippen molar-refractivity contribution in [2.45, 2.75) is 0 Å². The summed E-state index contributed by atoms with van der Waals surface area (Å²) in [4.78, 5) is 10.9. The Morgan fingerprint density at radius 3 is 2.44 bits per heavy atom. The second kappa shape index (κ2) is 4.58. The van der Waals surface area contributed by atoms with Crippen molar-refractivity contribution < 1.29 is 9.18 Å². The highest BCUT2D eigenvalue weighted by atomic mass is 79.9. The van der Waals surface area contributed by atoms with Gasteiger partial charge in [0.1, 0.15) is 5.82 Å². The average Bonchev–Trinajstić information content (AvgIpc) is 2.33. The molecule has 2 aromatic rings. The third-order valence-electron chi connectivity index (χ3n) is 2.33. The number of benzene rings is 2. The van der Waals surface area contributed by atoms with Crippen molar-refractivity contribution in [3.8, 4) is 11.1 Å². The molecule has 80 valence electrons. The van der Waals surface area contributed by atoms with Gasteiger partial charge in [0.25, 0.3) is 0 Å². The minimum Gasteiger partial charge on any atom is -0.298 e. The monoisotopic (exact) mass is 278 g/mol. The highest BCUT2D eigenvalue weighted by Gasteiger charge is 2.10. The van der Waals surface area contributed by atoms with Crippen LogP contribution in [0.1, 0.15) is 10.4 Å². The summed E-state index contributed by atoms with van der Waals surface area (Å²) in [6.45, 7) is 0. The molecule has 0 radical (unpaired) electrons. The van der Waals surface area contributed by atoms with Gasteiger partial charge in [-0.05, 0) is 27.6 Å². The second-order valence-electron chi connectivity index (χ2n) is 3.31. The summed E-state index contributed by atoms with van der Waals surface area (Å²) in [6.07, 6.45) is 0.732. The van der Waals surface area contributed by atoms with Crippen molar-refractivity contribution >= 4 is 22.2 Å². The van der Waals surface area contributed by atoms with E-state index >= 15 is 0 Å². The molecule has 0 aliphatic carbocycles. The molecule has 0 saturated heterocycles. The molecule has 0 atom stereocenters. The first-order valence-corrected chi connectivity index (χ1v) is 5.52. The van der Waals surface area contributed by atoms with E-state index < -0.39 is 0 Å². The molecule has 0 amide bonds. The van der Waals surface area contributed by atoms with Crippen LogP contribution in [0.3, 0.4) is 0 Å². The lowest BCUT2D eigenvalue weighted by Crippen LogP contribution is -1.90. The fourth-order valence-corrected chi connectivity index (χ4v) is 1.92. The lowest BCUT2D eigenvalue weighted by molar-refractivity contribution is 0.112. The zero-order valence-corrected chi connectivity index (χ0v) is 9.87. The zero-order chi connectivity index (χ0) is 11.5. The summed E-state index contributed by atoms with van der Waals surface area (Å²) in [5.74, 6) is -0.350. The SMILES string of the molecule is O=Cc1ccccc1-c1cccc(Br)c1F. The lowest BCUT2D eigenvalue weighted by Gasteiger charge is -2.07. The Kier molecular flexibility index (Phi) is 3.15. The lowest BCUT2D eigenvalue weighted by atomic mass is 10.0. The van der Waals surface area contributed by atoms with Gasteiger partial charge < -0.3 is 0 Å². The first-order chi connectivity index (χ1) is 7.74. The molecule has 3 heteroatoms. The molecule has 0 saturated carbocycles. The third kappa shape index (κ3) is 1.91. The van der Waals surface area contributed by atoms with Crippen molar-refractivity contribution in [3.05, 3.63) is 58.3 Å². The van der Waals surface area contributed by atoms with Gasteiger partial charge in [-0.1, -0.05) is 36.4 Å². The summed E-state index contributed by atoms with van der Waals surface area (Å²) < 4.78 is 14.2. The molecule has 2 aromatic carbocycles. The quantitative estimate of drug-likeness (QED) is 0.757. The molecule has 0 bridgehead atoms. The fourth-order valence-electron chi connectivity index (χ4n) is 1.56. The van der Waals surface area contributed by atoms with E-state index in [1.54, 1.807) is 42.5 Å². The molecule has 0 aliphatic heterocycles. The number of aldehydes is 1. The highest BCUT2D eigenvalue weighted by molar-refractivity contribution is 9.10. The molecule has 0 spiro atoms. The molecule has 0 fully saturated rings. The van der Waals surface area contributed by atoms with Gasteiger partial charge in [0.15, 0.2) is 6.29 Å². The van der Waals surface area contributed by atoms with Crippen molar-refractivity contribution in [1.82, 2.24) is 0 Å². The van der Waals surface area contributed by atoms with Crippen LogP contribution in [0.15, 0.2) is 46.9 Å². The Labute approximate surface area is 101 Å². The maximum Gasteiger partial charge on any atom is 0.150 e. The molecule has 0 aliphatic rings. The predicted octanol–water partition coefficient (Wildman–Crippen LogP) is 4.07. The van der Waals surface area contributed by atoms with Gasteiger partial charge in [0.05, 0.1) is 4.47 Å². The van der Waals surface area contributed by atoms with Gasteiger partial charge in [0.2, 0.25) is 0 Å². The maximum atomic E-state index is 13.8. The summed E-state index contributed by atoms with van der Waals surface area (Å²) in [5.41, 5.74) is 1.52. The van der Waals surface area contributed by atoms with Crippen LogP contribution in [0.4, 0.5) is 4.39 Å². The van der Waals surface area contributed by atoms with Gasteiger partial charge in [0, 0.05) is 11.1 Å². The number of carbonyl (C=O) groups excluding carboxylic acids is 1. The predicted molar refractivity (Wildman–Crippen MR) is 64.9 cm³/mol. The molecule has 0 aromatic heterocycles. The van der Waals surface area contributed by atoms with Crippen molar-refractivity contribution in [2.75, 3.05) is 0 Å². The van der Waals surface area contributed by atoms with Crippen molar-refractivity contribution in [1.29, 1.82) is 0 Å². The van der Waals surface area contributed by atoms with Crippen LogP contribution in [0.25, 0.3) is 11.1 Å². The van der Waals surface area contributed by atoms with Gasteiger partial charge in [-0.25, -0.2) is 4.39 Å². The number of carbonyl (C=O) groups is 1. The van der Waals surface area contributed by atoms with Crippen molar-refractivity contribution in [2.24, 2.45) is 0 Å². The van der Waals surface area contributed by atoms with Crippen LogP contribution >= 0.6 is 15.9 Å². The van der Waals surface area contributed by atoms with E-state index in [0.717, 1.165) is 6.29 Å². The Morgan fingerprint density at radius 1 is 1.00 bits per heavy atom. The Bertz CT molecular complexity index is 537. The summed E-state index contributed by atoms with van der Waals surface area (Å²) in [7, 11) is 0. The molecule has 0 N–H and O–H groups in total. The van der Waals surface area contributed by atoms with E-state index in [1.165, 1.54) is 0 Å². The Hall–Kier alpha value is -1.48. The third-order valence-corrected chi connectivity index (χ3v) is 2.94. The number of rotatable bonds is 2. The number of hydrogen-bond acceptors (Lipinski definition) is 1. The molecule has 16 heavy (non-hydrogen) atoms. The van der Waals surface area contributed by atoms with Crippen LogP contribution in [0.2, 0.25) is 0 Å². The summed E-state index contributed by atoms with van der Waals surface area (Å²) in [6, 6.07) is 12.0. The standard InChI is InChI=1S/C13H8BrFO/c14-12-7-3-6-11(13(12)15)10-5-2-1-4-9(10)8-16/h1-8H. The fraction of sp³-hybridized carbons (Fsp3) is 0. The van der Waals surface area contributed by atoms with E-state index in [1.807, 2.05) is 0 Å². The van der Waals surface area contributed by atoms with Gasteiger partial charge in [-0.15, -0.1) is 0 Å². The minimum absolute atomic E-state index is 0.350. The van der Waals surface area contributed by atoms with Gasteiger partial charge in [-0.2, -0.15) is 0 Å². The largest absolute Gasteiger partial charge is 0.298 e. The second-order valence-corrected chi connectivity index (χ2v) is 4.16. The van der Waals surface area contributed by atoms with E-state index in [-0.39, 0.29) is 5.82 Å². The molecule has 0 unspecified atom stereocenters. The van der Waals surface area contributed by atoms with Crippen LogP contribution in [-0.4, -0.2) is 6.29 Å². The number of halogens is 2. The van der Waals surface area contributed by atoms with Crippen LogP contribution in [-0.2, 0) is 0 Å². The van der Waals surface area contributed by atoms with Crippen LogP contribution in [0, 0.1) is 5.82 Å².